The van der Waals surface area contributed by atoms with Crippen LogP contribution in [0.15, 0.2) is 24.4 Å². The van der Waals surface area contributed by atoms with Gasteiger partial charge in [-0.2, -0.15) is 0 Å². The fourth-order valence-electron chi connectivity index (χ4n) is 2.59. The van der Waals surface area contributed by atoms with Crippen LogP contribution in [0, 0.1) is 0 Å². The maximum absolute atomic E-state index is 12.1. The highest BCUT2D eigenvalue weighted by atomic mass is 16.5. The molecule has 6 heteroatoms. The summed E-state index contributed by atoms with van der Waals surface area (Å²) < 4.78 is 5.27. The molecule has 3 rings (SSSR count). The summed E-state index contributed by atoms with van der Waals surface area (Å²) in [5.74, 6) is 0.983. The number of nitrogens with zero attached hydrogens (tertiary/aromatic N) is 3. The number of rotatable bonds is 2. The van der Waals surface area contributed by atoms with Crippen molar-refractivity contribution < 1.29 is 9.53 Å². The Morgan fingerprint density at radius 2 is 2.15 bits per heavy atom. The normalized spacial score (nSPS) is 22.9. The fraction of sp³-hybridized carbons (Fsp3) is 0.571. The lowest BCUT2D eigenvalue weighted by molar-refractivity contribution is 0.176. The van der Waals surface area contributed by atoms with E-state index < -0.39 is 0 Å². The molecule has 2 aliphatic heterocycles. The third-order valence-electron chi connectivity index (χ3n) is 3.80. The molecule has 108 valence electrons. The van der Waals surface area contributed by atoms with Crippen molar-refractivity contribution >= 4 is 11.8 Å². The lowest BCUT2D eigenvalue weighted by atomic mass is 10.2. The summed E-state index contributed by atoms with van der Waals surface area (Å²) >= 11 is 0. The maximum Gasteiger partial charge on any atom is 0.317 e. The van der Waals surface area contributed by atoms with Crippen molar-refractivity contribution in [1.29, 1.82) is 0 Å². The monoisotopic (exact) mass is 276 g/mol. The van der Waals surface area contributed by atoms with Crippen molar-refractivity contribution in [2.45, 2.75) is 12.5 Å². The minimum atomic E-state index is 0.0289. The van der Waals surface area contributed by atoms with Crippen LogP contribution < -0.4 is 10.2 Å². The van der Waals surface area contributed by atoms with Crippen LogP contribution in [-0.2, 0) is 4.74 Å². The van der Waals surface area contributed by atoms with Gasteiger partial charge in [-0.05, 0) is 18.6 Å². The Morgan fingerprint density at radius 3 is 2.80 bits per heavy atom. The molecular formula is C14H20N4O2. The van der Waals surface area contributed by atoms with Crippen molar-refractivity contribution in [3.8, 4) is 0 Å². The van der Waals surface area contributed by atoms with Gasteiger partial charge >= 0.3 is 6.03 Å². The number of ether oxygens (including phenoxy) is 1. The minimum Gasteiger partial charge on any atom is -0.379 e. The first-order valence-electron chi connectivity index (χ1n) is 7.12. The quantitative estimate of drug-likeness (QED) is 0.864. The molecule has 1 atom stereocenters. The molecule has 2 fully saturated rings. The first kappa shape index (κ1) is 13.2. The van der Waals surface area contributed by atoms with Gasteiger partial charge in [-0.1, -0.05) is 6.07 Å². The maximum atomic E-state index is 12.1. The highest BCUT2D eigenvalue weighted by Crippen LogP contribution is 2.13. The van der Waals surface area contributed by atoms with Crippen molar-refractivity contribution in [3.63, 3.8) is 0 Å². The Bertz CT molecular complexity index is 440. The zero-order valence-corrected chi connectivity index (χ0v) is 11.5. The number of piperazine rings is 1. The molecule has 2 amide bonds. The van der Waals surface area contributed by atoms with Crippen LogP contribution in [0.5, 0.6) is 0 Å². The van der Waals surface area contributed by atoms with Crippen LogP contribution in [0.4, 0.5) is 10.6 Å². The van der Waals surface area contributed by atoms with Crippen molar-refractivity contribution in [2.75, 3.05) is 44.3 Å². The van der Waals surface area contributed by atoms with E-state index in [1.807, 2.05) is 23.1 Å². The van der Waals surface area contributed by atoms with Crippen LogP contribution >= 0.6 is 0 Å². The zero-order valence-electron chi connectivity index (χ0n) is 11.5. The number of hydrogen-bond donors (Lipinski definition) is 1. The van der Waals surface area contributed by atoms with Gasteiger partial charge in [0.05, 0.1) is 12.6 Å². The van der Waals surface area contributed by atoms with Gasteiger partial charge in [0.1, 0.15) is 5.82 Å². The smallest absolute Gasteiger partial charge is 0.317 e. The SMILES string of the molecule is O=C(NC1CCOC1)N1CCN(c2ccccn2)CC1. The molecule has 0 aromatic carbocycles. The van der Waals surface area contributed by atoms with Gasteiger partial charge in [0.2, 0.25) is 0 Å². The van der Waals surface area contributed by atoms with Crippen LogP contribution in [0.3, 0.4) is 0 Å². The molecule has 1 aromatic heterocycles. The highest BCUT2D eigenvalue weighted by molar-refractivity contribution is 5.75. The molecule has 0 saturated carbocycles. The second kappa shape index (κ2) is 6.09. The molecule has 0 aliphatic carbocycles. The summed E-state index contributed by atoms with van der Waals surface area (Å²) in [4.78, 5) is 20.6. The Morgan fingerprint density at radius 1 is 1.30 bits per heavy atom. The summed E-state index contributed by atoms with van der Waals surface area (Å²) in [5.41, 5.74) is 0. The molecule has 1 N–H and O–H groups in total. The van der Waals surface area contributed by atoms with E-state index in [1.54, 1.807) is 6.20 Å². The van der Waals surface area contributed by atoms with Gasteiger partial charge in [0.25, 0.3) is 0 Å². The van der Waals surface area contributed by atoms with E-state index in [2.05, 4.69) is 15.2 Å². The molecule has 6 nitrogen and oxygen atoms in total. The van der Waals surface area contributed by atoms with Gasteiger partial charge in [0, 0.05) is 39.0 Å². The predicted octanol–water partition coefficient (Wildman–Crippen LogP) is 0.702. The van der Waals surface area contributed by atoms with Crippen molar-refractivity contribution in [3.05, 3.63) is 24.4 Å². The summed E-state index contributed by atoms with van der Waals surface area (Å²) in [5, 5.41) is 3.03. The number of carbonyl (C=O) groups is 1. The average Bonchev–Trinajstić information content (AvgIpc) is 3.01. The summed E-state index contributed by atoms with van der Waals surface area (Å²) in [7, 11) is 0. The van der Waals surface area contributed by atoms with Gasteiger partial charge in [0.15, 0.2) is 0 Å². The van der Waals surface area contributed by atoms with E-state index in [9.17, 15) is 4.79 Å². The van der Waals surface area contributed by atoms with Crippen LogP contribution in [0.2, 0.25) is 0 Å². The summed E-state index contributed by atoms with van der Waals surface area (Å²) in [6, 6.07) is 6.11. The Hall–Kier alpha value is -1.82. The first-order valence-corrected chi connectivity index (χ1v) is 7.12. The zero-order chi connectivity index (χ0) is 13.8. The van der Waals surface area contributed by atoms with Gasteiger partial charge < -0.3 is 19.9 Å². The van der Waals surface area contributed by atoms with E-state index in [0.29, 0.717) is 6.61 Å². The highest BCUT2D eigenvalue weighted by Gasteiger charge is 2.24. The van der Waals surface area contributed by atoms with E-state index in [-0.39, 0.29) is 12.1 Å². The molecule has 3 heterocycles. The Labute approximate surface area is 118 Å². The van der Waals surface area contributed by atoms with E-state index in [0.717, 1.165) is 45.0 Å². The molecule has 20 heavy (non-hydrogen) atoms. The standard InChI is InChI=1S/C14H20N4O2/c19-14(16-12-4-10-20-11-12)18-8-6-17(7-9-18)13-3-1-2-5-15-13/h1-3,5,12H,4,6-11H2,(H,16,19). The molecule has 0 radical (unpaired) electrons. The minimum absolute atomic E-state index is 0.0289. The third kappa shape index (κ3) is 3.01. The second-order valence-corrected chi connectivity index (χ2v) is 5.17. The van der Waals surface area contributed by atoms with E-state index in [4.69, 9.17) is 4.74 Å². The molecular weight excluding hydrogens is 256 g/mol. The van der Waals surface area contributed by atoms with Crippen molar-refractivity contribution in [1.82, 2.24) is 15.2 Å². The number of hydrogen-bond acceptors (Lipinski definition) is 4. The van der Waals surface area contributed by atoms with E-state index in [1.165, 1.54) is 0 Å². The number of aromatic nitrogens is 1. The number of nitrogens with one attached hydrogen (secondary N) is 1. The van der Waals surface area contributed by atoms with Gasteiger partial charge in [-0.3, -0.25) is 0 Å². The van der Waals surface area contributed by atoms with Crippen LogP contribution in [0.1, 0.15) is 6.42 Å². The number of carbonyl (C=O) groups excluding carboxylic acids is 1. The summed E-state index contributed by atoms with van der Waals surface area (Å²) in [6.07, 6.45) is 2.72. The molecule has 1 unspecified atom stereocenters. The summed E-state index contributed by atoms with van der Waals surface area (Å²) in [6.45, 7) is 4.50. The van der Waals surface area contributed by atoms with Crippen LogP contribution in [0.25, 0.3) is 0 Å². The first-order chi connectivity index (χ1) is 9.83. The van der Waals surface area contributed by atoms with Gasteiger partial charge in [-0.25, -0.2) is 9.78 Å². The topological polar surface area (TPSA) is 57.7 Å². The number of pyridine rings is 1. The molecule has 2 saturated heterocycles. The van der Waals surface area contributed by atoms with E-state index >= 15 is 0 Å². The Balaban J connectivity index is 1.49. The molecule has 0 bridgehead atoms. The molecule has 1 aromatic rings. The average molecular weight is 276 g/mol. The third-order valence-corrected chi connectivity index (χ3v) is 3.80. The largest absolute Gasteiger partial charge is 0.379 e. The van der Waals surface area contributed by atoms with Crippen molar-refractivity contribution in [2.24, 2.45) is 0 Å². The molecule has 0 spiro atoms. The number of amides is 2. The second-order valence-electron chi connectivity index (χ2n) is 5.17. The Kier molecular flexibility index (Phi) is 4.01. The lowest BCUT2D eigenvalue weighted by Gasteiger charge is -2.35. The lowest BCUT2D eigenvalue weighted by Crippen LogP contribution is -2.53. The fourth-order valence-corrected chi connectivity index (χ4v) is 2.59. The van der Waals surface area contributed by atoms with Crippen LogP contribution in [-0.4, -0.2) is 61.3 Å². The van der Waals surface area contributed by atoms with Gasteiger partial charge in [-0.15, -0.1) is 0 Å². The number of urea groups is 1. The predicted molar refractivity (Wildman–Crippen MR) is 75.8 cm³/mol. The molecule has 2 aliphatic rings. The number of anilines is 1.